The molecular formula is C32H33N5. The summed E-state index contributed by atoms with van der Waals surface area (Å²) in [5.41, 5.74) is 10.4. The summed E-state index contributed by atoms with van der Waals surface area (Å²) >= 11 is 0. The van der Waals surface area contributed by atoms with Gasteiger partial charge in [0, 0.05) is 45.9 Å². The van der Waals surface area contributed by atoms with Gasteiger partial charge in [-0.05, 0) is 60.6 Å². The van der Waals surface area contributed by atoms with Crippen LogP contribution < -0.4 is 5.32 Å². The molecular weight excluding hydrogens is 454 g/mol. The van der Waals surface area contributed by atoms with Crippen molar-refractivity contribution in [3.8, 4) is 0 Å². The fraction of sp³-hybridized carbons (Fsp3) is 0.219. The van der Waals surface area contributed by atoms with Crippen molar-refractivity contribution >= 4 is 33.6 Å². The number of nitrogens with one attached hydrogen (secondary N) is 2. The van der Waals surface area contributed by atoms with Crippen LogP contribution in [0.5, 0.6) is 0 Å². The normalized spacial score (nSPS) is 15.2. The second-order valence-electron chi connectivity index (χ2n) is 10.7. The number of fused-ring (bicyclic) bond motifs is 2. The summed E-state index contributed by atoms with van der Waals surface area (Å²) in [5.74, 6) is 0.761. The summed E-state index contributed by atoms with van der Waals surface area (Å²) in [5, 5.41) is 4.57. The van der Waals surface area contributed by atoms with E-state index in [4.69, 9.17) is 4.99 Å². The summed E-state index contributed by atoms with van der Waals surface area (Å²) in [4.78, 5) is 17.3. The van der Waals surface area contributed by atoms with Gasteiger partial charge >= 0.3 is 0 Å². The molecule has 5 nitrogen and oxygen atoms in total. The highest BCUT2D eigenvalue weighted by Crippen LogP contribution is 2.35. The summed E-state index contributed by atoms with van der Waals surface area (Å²) in [6.07, 6.45) is 20.1. The summed E-state index contributed by atoms with van der Waals surface area (Å²) in [6, 6.07) is 4.33. The molecule has 0 bridgehead atoms. The maximum absolute atomic E-state index is 4.70. The lowest BCUT2D eigenvalue weighted by Crippen LogP contribution is -2.17. The summed E-state index contributed by atoms with van der Waals surface area (Å²) in [6.45, 7) is 16.8. The van der Waals surface area contributed by atoms with Crippen molar-refractivity contribution in [3.05, 3.63) is 114 Å². The number of rotatable bonds is 8. The van der Waals surface area contributed by atoms with Crippen LogP contribution in [0.2, 0.25) is 0 Å². The number of nitrogens with zero attached hydrogens (tertiary/aromatic N) is 3. The zero-order valence-corrected chi connectivity index (χ0v) is 22.0. The molecule has 5 heteroatoms. The first-order chi connectivity index (χ1) is 17.8. The Hall–Kier alpha value is -4.25. The monoisotopic (exact) mass is 487 g/mol. The first-order valence-corrected chi connectivity index (χ1v) is 12.6. The number of hydrogen-bond acceptors (Lipinski definition) is 4. The molecule has 3 aromatic heterocycles. The highest BCUT2D eigenvalue weighted by atomic mass is 15.0. The molecule has 5 rings (SSSR count). The van der Waals surface area contributed by atoms with Crippen molar-refractivity contribution in [1.29, 1.82) is 0 Å². The van der Waals surface area contributed by atoms with Gasteiger partial charge in [-0.2, -0.15) is 0 Å². The van der Waals surface area contributed by atoms with Crippen LogP contribution in [0, 0.1) is 5.41 Å². The first-order valence-electron chi connectivity index (χ1n) is 12.6. The minimum Gasteiger partial charge on any atom is -0.359 e. The van der Waals surface area contributed by atoms with Crippen LogP contribution in [0.15, 0.2) is 96.7 Å². The van der Waals surface area contributed by atoms with Crippen molar-refractivity contribution in [1.82, 2.24) is 20.3 Å². The van der Waals surface area contributed by atoms with E-state index in [1.807, 2.05) is 31.6 Å². The molecule has 4 heterocycles. The van der Waals surface area contributed by atoms with Crippen LogP contribution in [0.4, 0.5) is 5.82 Å². The Labute approximate surface area is 218 Å². The SMILES string of the molecule is C=C/C(=C\C(=C/C)c1cnc2c(c1)C(c1cc3c(C4=CCC=C4)cncc3[nH]1)=N2)NC(=C)CC(C)(C)C. The molecule has 0 atom stereocenters. The van der Waals surface area contributed by atoms with Gasteiger partial charge in [0.25, 0.3) is 0 Å². The predicted molar refractivity (Wildman–Crippen MR) is 156 cm³/mol. The Bertz CT molecular complexity index is 1560. The minimum absolute atomic E-state index is 0.158. The maximum Gasteiger partial charge on any atom is 0.162 e. The molecule has 0 amide bonds. The van der Waals surface area contributed by atoms with Crippen molar-refractivity contribution in [2.75, 3.05) is 0 Å². The number of allylic oxidation sites excluding steroid dienone is 9. The molecule has 3 aromatic rings. The van der Waals surface area contributed by atoms with E-state index in [0.717, 1.165) is 74.6 Å². The van der Waals surface area contributed by atoms with Gasteiger partial charge in [0.05, 0.1) is 17.4 Å². The quantitative estimate of drug-likeness (QED) is 0.249. The fourth-order valence-corrected chi connectivity index (χ4v) is 4.80. The second kappa shape index (κ2) is 9.66. The van der Waals surface area contributed by atoms with E-state index in [0.29, 0.717) is 0 Å². The van der Waals surface area contributed by atoms with Crippen LogP contribution in [0.3, 0.4) is 0 Å². The lowest BCUT2D eigenvalue weighted by Gasteiger charge is -2.21. The third-order valence-electron chi connectivity index (χ3n) is 6.46. The van der Waals surface area contributed by atoms with Gasteiger partial charge in [-0.15, -0.1) is 0 Å². The molecule has 37 heavy (non-hydrogen) atoms. The van der Waals surface area contributed by atoms with Gasteiger partial charge in [-0.3, -0.25) is 4.98 Å². The third-order valence-corrected chi connectivity index (χ3v) is 6.46. The van der Waals surface area contributed by atoms with Crippen molar-refractivity contribution in [2.45, 2.75) is 40.5 Å². The van der Waals surface area contributed by atoms with Gasteiger partial charge in [0.15, 0.2) is 5.82 Å². The minimum atomic E-state index is 0.158. The van der Waals surface area contributed by atoms with Gasteiger partial charge < -0.3 is 10.3 Å². The molecule has 0 radical (unpaired) electrons. The van der Waals surface area contributed by atoms with Crippen LogP contribution in [-0.2, 0) is 0 Å². The van der Waals surface area contributed by atoms with Crippen molar-refractivity contribution < 1.29 is 0 Å². The largest absolute Gasteiger partial charge is 0.359 e. The molecule has 2 N–H and O–H groups in total. The highest BCUT2D eigenvalue weighted by Gasteiger charge is 2.25. The van der Waals surface area contributed by atoms with Crippen molar-refractivity contribution in [2.24, 2.45) is 10.4 Å². The van der Waals surface area contributed by atoms with Crippen LogP contribution in [-0.4, -0.2) is 20.7 Å². The lowest BCUT2D eigenvalue weighted by atomic mass is 9.91. The summed E-state index contributed by atoms with van der Waals surface area (Å²) in [7, 11) is 0. The average molecular weight is 488 g/mol. The molecule has 2 aliphatic rings. The van der Waals surface area contributed by atoms with E-state index in [1.54, 1.807) is 0 Å². The molecule has 0 unspecified atom stereocenters. The first kappa shape index (κ1) is 24.4. The van der Waals surface area contributed by atoms with E-state index in [2.05, 4.69) is 96.7 Å². The predicted octanol–water partition coefficient (Wildman–Crippen LogP) is 7.80. The van der Waals surface area contributed by atoms with E-state index in [-0.39, 0.29) is 5.41 Å². The average Bonchev–Trinajstić information content (AvgIpc) is 3.51. The molecule has 1 aliphatic carbocycles. The standard InChI is InChI=1S/C32H33N5/c1-7-21(13-24(8-2)35-20(3)16-32(4,5)6)23-14-26-30(37-31(26)34-17-23)28-15-25-27(22-11-9-10-12-22)18-33-19-29(25)36-28/h7-9,11-15,17-19,35-36H,2-3,10,16H2,1,4-6H3/b21-7+,24-13+. The van der Waals surface area contributed by atoms with Gasteiger partial charge in [-0.25, -0.2) is 9.98 Å². The van der Waals surface area contributed by atoms with E-state index < -0.39 is 0 Å². The van der Waals surface area contributed by atoms with Gasteiger partial charge in [-0.1, -0.05) is 58.2 Å². The number of aromatic amines is 1. The lowest BCUT2D eigenvalue weighted by molar-refractivity contribution is 0.403. The number of hydrogen-bond donors (Lipinski definition) is 2. The maximum atomic E-state index is 4.70. The molecule has 0 saturated carbocycles. The number of H-pyrrole nitrogens is 1. The number of pyridine rings is 2. The topological polar surface area (TPSA) is 66.0 Å². The van der Waals surface area contributed by atoms with E-state index in [9.17, 15) is 0 Å². The third kappa shape index (κ3) is 5.03. The molecule has 0 spiro atoms. The zero-order valence-electron chi connectivity index (χ0n) is 22.0. The molecule has 0 saturated heterocycles. The van der Waals surface area contributed by atoms with Crippen LogP contribution in [0.25, 0.3) is 22.0 Å². The molecule has 1 aliphatic heterocycles. The molecule has 0 aromatic carbocycles. The second-order valence-corrected chi connectivity index (χ2v) is 10.7. The fourth-order valence-electron chi connectivity index (χ4n) is 4.80. The zero-order chi connectivity index (χ0) is 26.2. The van der Waals surface area contributed by atoms with Crippen LogP contribution in [0.1, 0.15) is 62.9 Å². The smallest absolute Gasteiger partial charge is 0.162 e. The highest BCUT2D eigenvalue weighted by molar-refractivity contribution is 6.22. The molecule has 186 valence electrons. The van der Waals surface area contributed by atoms with Crippen LogP contribution >= 0.6 is 0 Å². The Morgan fingerprint density at radius 3 is 2.70 bits per heavy atom. The summed E-state index contributed by atoms with van der Waals surface area (Å²) < 4.78 is 0. The number of aromatic nitrogens is 3. The van der Waals surface area contributed by atoms with Gasteiger partial charge in [0.1, 0.15) is 5.71 Å². The van der Waals surface area contributed by atoms with E-state index >= 15 is 0 Å². The Morgan fingerprint density at radius 2 is 2.00 bits per heavy atom. The Balaban J connectivity index is 1.42. The Morgan fingerprint density at radius 1 is 1.16 bits per heavy atom. The molecule has 0 fully saturated rings. The van der Waals surface area contributed by atoms with Gasteiger partial charge in [0.2, 0.25) is 0 Å². The Kier molecular flexibility index (Phi) is 6.38. The van der Waals surface area contributed by atoms with E-state index in [1.165, 1.54) is 5.57 Å². The van der Waals surface area contributed by atoms with Crippen molar-refractivity contribution in [3.63, 3.8) is 0 Å². The number of aliphatic imine (C=N–C) groups is 1.